The second-order valence-corrected chi connectivity index (χ2v) is 5.60. The first kappa shape index (κ1) is 17.2. The monoisotopic (exact) mass is 365 g/mol. The maximum absolute atomic E-state index is 12.1. The zero-order chi connectivity index (χ0) is 16.8. The Hall–Kier alpha value is -2.19. The minimum absolute atomic E-state index is 0.124. The molecule has 7 heteroatoms. The molecule has 2 N–H and O–H groups in total. The highest BCUT2D eigenvalue weighted by Crippen LogP contribution is 2.29. The first-order valence-electron chi connectivity index (χ1n) is 6.39. The van der Waals surface area contributed by atoms with E-state index in [0.29, 0.717) is 26.4 Å². The molecular formula is C16H10Cl3N3O. The Kier molecular flexibility index (Phi) is 5.89. The standard InChI is InChI=1S/C16H10Cl3N3O/c17-11-3-1-4-12(7-11)22-16(23)10(8-20)9-21-14-6-2-5-13(18)15(14)19/h1-7,9,21H,(H,22,23)/b10-9-. The summed E-state index contributed by atoms with van der Waals surface area (Å²) in [4.78, 5) is 12.1. The number of nitrogens with zero attached hydrogens (tertiary/aromatic N) is 1. The highest BCUT2D eigenvalue weighted by molar-refractivity contribution is 6.43. The zero-order valence-corrected chi connectivity index (χ0v) is 13.9. The summed E-state index contributed by atoms with van der Waals surface area (Å²) in [5.74, 6) is -0.569. The quantitative estimate of drug-likeness (QED) is 0.584. The Balaban J connectivity index is 2.14. The highest BCUT2D eigenvalue weighted by atomic mass is 35.5. The third-order valence-electron chi connectivity index (χ3n) is 2.77. The van der Waals surface area contributed by atoms with Crippen LogP contribution in [0.1, 0.15) is 0 Å². The number of halogens is 3. The largest absolute Gasteiger partial charge is 0.359 e. The molecule has 0 spiro atoms. The normalized spacial score (nSPS) is 10.8. The summed E-state index contributed by atoms with van der Waals surface area (Å²) in [6, 6.07) is 13.4. The lowest BCUT2D eigenvalue weighted by molar-refractivity contribution is -0.112. The summed E-state index contributed by atoms with van der Waals surface area (Å²) in [6.07, 6.45) is 1.26. The van der Waals surface area contributed by atoms with Crippen LogP contribution < -0.4 is 10.6 Å². The Morgan fingerprint density at radius 3 is 2.57 bits per heavy atom. The number of nitrogens with one attached hydrogen (secondary N) is 2. The minimum Gasteiger partial charge on any atom is -0.359 e. The summed E-state index contributed by atoms with van der Waals surface area (Å²) in [5.41, 5.74) is 0.855. The van der Waals surface area contributed by atoms with Crippen LogP contribution in [0.3, 0.4) is 0 Å². The molecule has 0 fully saturated rings. The predicted molar refractivity (Wildman–Crippen MR) is 93.9 cm³/mol. The Bertz CT molecular complexity index is 812. The van der Waals surface area contributed by atoms with E-state index in [4.69, 9.17) is 40.1 Å². The van der Waals surface area contributed by atoms with Crippen LogP contribution in [-0.2, 0) is 4.79 Å². The minimum atomic E-state index is -0.569. The van der Waals surface area contributed by atoms with Crippen molar-refractivity contribution in [1.82, 2.24) is 0 Å². The van der Waals surface area contributed by atoms with Crippen molar-refractivity contribution in [2.24, 2.45) is 0 Å². The van der Waals surface area contributed by atoms with Gasteiger partial charge in [0.15, 0.2) is 0 Å². The number of rotatable bonds is 4. The van der Waals surface area contributed by atoms with Gasteiger partial charge >= 0.3 is 0 Å². The zero-order valence-electron chi connectivity index (χ0n) is 11.6. The number of carbonyl (C=O) groups excluding carboxylic acids is 1. The molecular weight excluding hydrogens is 357 g/mol. The van der Waals surface area contributed by atoms with Crippen LogP contribution in [-0.4, -0.2) is 5.91 Å². The molecule has 0 bridgehead atoms. The number of benzene rings is 2. The SMILES string of the molecule is N#C/C(=C/Nc1cccc(Cl)c1Cl)C(=O)Nc1cccc(Cl)c1. The van der Waals surface area contributed by atoms with Crippen molar-refractivity contribution in [3.63, 3.8) is 0 Å². The average molecular weight is 367 g/mol. The van der Waals surface area contributed by atoms with Crippen molar-refractivity contribution < 1.29 is 4.79 Å². The lowest BCUT2D eigenvalue weighted by atomic mass is 10.2. The first-order chi connectivity index (χ1) is 11.0. The van der Waals surface area contributed by atoms with Crippen LogP contribution in [0.25, 0.3) is 0 Å². The number of hydrogen-bond donors (Lipinski definition) is 2. The molecule has 0 heterocycles. The van der Waals surface area contributed by atoms with Crippen molar-refractivity contribution in [2.75, 3.05) is 10.6 Å². The van der Waals surface area contributed by atoms with Gasteiger partial charge in [0.25, 0.3) is 5.91 Å². The maximum atomic E-state index is 12.1. The van der Waals surface area contributed by atoms with Crippen LogP contribution in [0.15, 0.2) is 54.2 Å². The van der Waals surface area contributed by atoms with Gasteiger partial charge in [-0.3, -0.25) is 4.79 Å². The van der Waals surface area contributed by atoms with Crippen LogP contribution in [0, 0.1) is 11.3 Å². The van der Waals surface area contributed by atoms with Gasteiger partial charge in [0.2, 0.25) is 0 Å². The molecule has 1 amide bonds. The summed E-state index contributed by atoms with van der Waals surface area (Å²) < 4.78 is 0. The van der Waals surface area contributed by atoms with Gasteiger partial charge in [-0.1, -0.05) is 46.9 Å². The number of hydrogen-bond acceptors (Lipinski definition) is 3. The summed E-state index contributed by atoms with van der Waals surface area (Å²) >= 11 is 17.8. The van der Waals surface area contributed by atoms with E-state index in [1.165, 1.54) is 6.20 Å². The van der Waals surface area contributed by atoms with Crippen LogP contribution >= 0.6 is 34.8 Å². The van der Waals surface area contributed by atoms with Gasteiger partial charge in [-0.2, -0.15) is 5.26 Å². The van der Waals surface area contributed by atoms with E-state index in [9.17, 15) is 4.79 Å². The fraction of sp³-hybridized carbons (Fsp3) is 0. The van der Waals surface area contributed by atoms with E-state index in [0.717, 1.165) is 0 Å². The lowest BCUT2D eigenvalue weighted by Gasteiger charge is -2.07. The summed E-state index contributed by atoms with van der Waals surface area (Å²) in [5, 5.41) is 15.7. The predicted octanol–water partition coefficient (Wildman–Crippen LogP) is 5.10. The van der Waals surface area contributed by atoms with Gasteiger partial charge in [-0.25, -0.2) is 0 Å². The summed E-state index contributed by atoms with van der Waals surface area (Å²) in [7, 11) is 0. The molecule has 0 aliphatic heterocycles. The van der Waals surface area contributed by atoms with E-state index >= 15 is 0 Å². The van der Waals surface area contributed by atoms with Crippen molar-refractivity contribution in [3.8, 4) is 6.07 Å². The molecule has 0 aromatic heterocycles. The highest BCUT2D eigenvalue weighted by Gasteiger charge is 2.10. The molecule has 2 aromatic rings. The molecule has 0 unspecified atom stereocenters. The molecule has 116 valence electrons. The number of carbonyl (C=O) groups is 1. The van der Waals surface area contributed by atoms with Crippen molar-refractivity contribution in [2.45, 2.75) is 0 Å². The summed E-state index contributed by atoms with van der Waals surface area (Å²) in [6.45, 7) is 0. The molecule has 0 saturated heterocycles. The van der Waals surface area contributed by atoms with Gasteiger partial charge in [0.1, 0.15) is 11.6 Å². The van der Waals surface area contributed by atoms with E-state index < -0.39 is 5.91 Å². The van der Waals surface area contributed by atoms with Gasteiger partial charge in [0.05, 0.1) is 15.7 Å². The van der Waals surface area contributed by atoms with Crippen molar-refractivity contribution >= 4 is 52.1 Å². The Morgan fingerprint density at radius 2 is 1.87 bits per heavy atom. The number of anilines is 2. The van der Waals surface area contributed by atoms with Gasteiger partial charge in [-0.15, -0.1) is 0 Å². The fourth-order valence-corrected chi connectivity index (χ4v) is 2.22. The third-order valence-corrected chi connectivity index (χ3v) is 3.83. The van der Waals surface area contributed by atoms with Gasteiger partial charge in [0, 0.05) is 16.9 Å². The van der Waals surface area contributed by atoms with E-state index in [1.54, 1.807) is 42.5 Å². The topological polar surface area (TPSA) is 64.9 Å². The van der Waals surface area contributed by atoms with E-state index in [1.807, 2.05) is 6.07 Å². The molecule has 0 radical (unpaired) electrons. The molecule has 2 rings (SSSR count). The molecule has 0 saturated carbocycles. The van der Waals surface area contributed by atoms with Crippen LogP contribution in [0.4, 0.5) is 11.4 Å². The van der Waals surface area contributed by atoms with Crippen molar-refractivity contribution in [3.05, 3.63) is 69.3 Å². The molecule has 0 atom stereocenters. The molecule has 2 aromatic carbocycles. The molecule has 23 heavy (non-hydrogen) atoms. The number of nitriles is 1. The maximum Gasteiger partial charge on any atom is 0.267 e. The lowest BCUT2D eigenvalue weighted by Crippen LogP contribution is -2.14. The van der Waals surface area contributed by atoms with Gasteiger partial charge in [-0.05, 0) is 30.3 Å². The number of amides is 1. The Labute approximate surface area is 148 Å². The molecule has 0 aliphatic carbocycles. The van der Waals surface area contributed by atoms with Crippen LogP contribution in [0.2, 0.25) is 15.1 Å². The second kappa shape index (κ2) is 7.89. The first-order valence-corrected chi connectivity index (χ1v) is 7.52. The Morgan fingerprint density at radius 1 is 1.13 bits per heavy atom. The third kappa shape index (κ3) is 4.64. The molecule has 4 nitrogen and oxygen atoms in total. The second-order valence-electron chi connectivity index (χ2n) is 4.38. The molecule has 0 aliphatic rings. The van der Waals surface area contributed by atoms with Gasteiger partial charge < -0.3 is 10.6 Å². The van der Waals surface area contributed by atoms with E-state index in [2.05, 4.69) is 10.6 Å². The van der Waals surface area contributed by atoms with E-state index in [-0.39, 0.29) is 5.57 Å². The average Bonchev–Trinajstić information content (AvgIpc) is 2.52. The fourth-order valence-electron chi connectivity index (χ4n) is 1.68. The smallest absolute Gasteiger partial charge is 0.267 e. The van der Waals surface area contributed by atoms with Crippen LogP contribution in [0.5, 0.6) is 0 Å². The van der Waals surface area contributed by atoms with Crippen molar-refractivity contribution in [1.29, 1.82) is 5.26 Å².